The van der Waals surface area contributed by atoms with E-state index < -0.39 is 0 Å². The molecule has 1 aromatic carbocycles. The highest BCUT2D eigenvalue weighted by molar-refractivity contribution is 5.42. The molecule has 25 heavy (non-hydrogen) atoms. The fourth-order valence-electron chi connectivity index (χ4n) is 2.61. The second kappa shape index (κ2) is 7.74. The molecule has 0 aliphatic carbocycles. The lowest BCUT2D eigenvalue weighted by Gasteiger charge is -2.19. The lowest BCUT2D eigenvalue weighted by molar-refractivity contribution is 0.503. The molecule has 0 N–H and O–H groups in total. The molecule has 0 atom stereocenters. The Balaban J connectivity index is 1.60. The zero-order valence-electron chi connectivity index (χ0n) is 14.5. The zero-order chi connectivity index (χ0) is 17.6. The first-order chi connectivity index (χ1) is 12.1. The third kappa shape index (κ3) is 4.32. The topological polar surface area (TPSA) is 68.8 Å². The first-order valence-electron chi connectivity index (χ1n) is 8.30. The van der Waals surface area contributed by atoms with E-state index in [-0.39, 0.29) is 5.56 Å². The van der Waals surface area contributed by atoms with Crippen LogP contribution >= 0.6 is 0 Å². The molecule has 0 unspecified atom stereocenters. The van der Waals surface area contributed by atoms with E-state index in [0.29, 0.717) is 13.1 Å². The lowest BCUT2D eigenvalue weighted by atomic mass is 10.1. The predicted octanol–water partition coefficient (Wildman–Crippen LogP) is 1.52. The van der Waals surface area contributed by atoms with Crippen molar-refractivity contribution in [1.29, 1.82) is 0 Å². The van der Waals surface area contributed by atoms with Gasteiger partial charge in [0.15, 0.2) is 0 Å². The maximum atomic E-state index is 12.3. The van der Waals surface area contributed by atoms with Crippen LogP contribution in [0.4, 0.5) is 5.69 Å². The Bertz CT molecular complexity index is 871. The lowest BCUT2D eigenvalue weighted by Crippen LogP contribution is -2.28. The summed E-state index contributed by atoms with van der Waals surface area (Å²) in [5.41, 5.74) is 2.01. The standard InChI is InChI=1S/C18H22N6O/c1-15-21-19-14-23(15)10-11-24-18(25)12-17(13-20-24)22(2)9-8-16-6-4-3-5-7-16/h3-7,12-14H,8-11H2,1-2H3. The molecular formula is C18H22N6O. The average molecular weight is 338 g/mol. The largest absolute Gasteiger partial charge is 0.373 e. The summed E-state index contributed by atoms with van der Waals surface area (Å²) in [5, 5.41) is 12.1. The highest BCUT2D eigenvalue weighted by Gasteiger charge is 2.06. The van der Waals surface area contributed by atoms with Crippen molar-refractivity contribution in [3.8, 4) is 0 Å². The molecule has 130 valence electrons. The van der Waals surface area contributed by atoms with Gasteiger partial charge in [-0.15, -0.1) is 10.2 Å². The molecule has 0 bridgehead atoms. The van der Waals surface area contributed by atoms with Crippen LogP contribution in [0.25, 0.3) is 0 Å². The van der Waals surface area contributed by atoms with Gasteiger partial charge in [-0.3, -0.25) is 4.79 Å². The van der Waals surface area contributed by atoms with E-state index in [1.165, 1.54) is 10.2 Å². The highest BCUT2D eigenvalue weighted by atomic mass is 16.1. The van der Waals surface area contributed by atoms with Gasteiger partial charge in [-0.1, -0.05) is 30.3 Å². The first-order valence-corrected chi connectivity index (χ1v) is 8.30. The van der Waals surface area contributed by atoms with Crippen molar-refractivity contribution in [2.24, 2.45) is 0 Å². The van der Waals surface area contributed by atoms with Crippen LogP contribution in [0.1, 0.15) is 11.4 Å². The second-order valence-corrected chi connectivity index (χ2v) is 6.00. The number of hydrogen-bond donors (Lipinski definition) is 0. The maximum Gasteiger partial charge on any atom is 0.268 e. The van der Waals surface area contributed by atoms with E-state index in [1.54, 1.807) is 18.6 Å². The van der Waals surface area contributed by atoms with Gasteiger partial charge < -0.3 is 9.47 Å². The van der Waals surface area contributed by atoms with E-state index >= 15 is 0 Å². The molecule has 0 saturated carbocycles. The quantitative estimate of drug-likeness (QED) is 0.653. The normalized spacial score (nSPS) is 10.8. The van der Waals surface area contributed by atoms with Crippen molar-refractivity contribution in [1.82, 2.24) is 24.5 Å². The van der Waals surface area contributed by atoms with Gasteiger partial charge in [0.2, 0.25) is 0 Å². The van der Waals surface area contributed by atoms with Crippen molar-refractivity contribution in [2.75, 3.05) is 18.5 Å². The van der Waals surface area contributed by atoms with E-state index in [4.69, 9.17) is 0 Å². The Morgan fingerprint density at radius 3 is 2.64 bits per heavy atom. The van der Waals surface area contributed by atoms with Crippen LogP contribution in [-0.4, -0.2) is 38.1 Å². The Labute approximate surface area is 146 Å². The number of likely N-dealkylation sites (N-methyl/N-ethyl adjacent to an activating group) is 1. The van der Waals surface area contributed by atoms with E-state index in [1.807, 2.05) is 36.7 Å². The molecule has 3 aromatic rings. The Hall–Kier alpha value is -2.96. The molecule has 0 radical (unpaired) electrons. The van der Waals surface area contributed by atoms with Crippen molar-refractivity contribution >= 4 is 5.69 Å². The number of rotatable bonds is 7. The summed E-state index contributed by atoms with van der Waals surface area (Å²) in [6.45, 7) is 3.82. The molecule has 7 heteroatoms. The molecule has 0 aliphatic heterocycles. The minimum atomic E-state index is -0.102. The van der Waals surface area contributed by atoms with Crippen LogP contribution in [0.15, 0.2) is 53.7 Å². The van der Waals surface area contributed by atoms with E-state index in [2.05, 4.69) is 32.3 Å². The summed E-state index contributed by atoms with van der Waals surface area (Å²) in [7, 11) is 1.98. The maximum absolute atomic E-state index is 12.3. The highest BCUT2D eigenvalue weighted by Crippen LogP contribution is 2.09. The molecule has 0 fully saturated rings. The van der Waals surface area contributed by atoms with Crippen LogP contribution in [-0.2, 0) is 19.5 Å². The summed E-state index contributed by atoms with van der Waals surface area (Å²) in [6, 6.07) is 11.9. The van der Waals surface area contributed by atoms with Gasteiger partial charge in [0.25, 0.3) is 5.56 Å². The Kier molecular flexibility index (Phi) is 5.23. The molecular weight excluding hydrogens is 316 g/mol. The molecule has 2 heterocycles. The zero-order valence-corrected chi connectivity index (χ0v) is 14.5. The predicted molar refractivity (Wildman–Crippen MR) is 96.7 cm³/mol. The molecule has 3 rings (SSSR count). The first kappa shape index (κ1) is 16.9. The third-order valence-corrected chi connectivity index (χ3v) is 4.24. The SMILES string of the molecule is Cc1nncn1CCn1ncc(N(C)CCc2ccccc2)cc1=O. The van der Waals surface area contributed by atoms with Crippen LogP contribution in [0, 0.1) is 6.92 Å². The summed E-state index contributed by atoms with van der Waals surface area (Å²) in [6.07, 6.45) is 4.32. The number of benzene rings is 1. The molecule has 0 spiro atoms. The molecule has 7 nitrogen and oxygen atoms in total. The smallest absolute Gasteiger partial charge is 0.268 e. The van der Waals surface area contributed by atoms with Crippen LogP contribution < -0.4 is 10.5 Å². The molecule has 0 amide bonds. The van der Waals surface area contributed by atoms with Crippen LogP contribution in [0.5, 0.6) is 0 Å². The number of aryl methyl sites for hydroxylation is 3. The minimum Gasteiger partial charge on any atom is -0.373 e. The van der Waals surface area contributed by atoms with Gasteiger partial charge >= 0.3 is 0 Å². The summed E-state index contributed by atoms with van der Waals surface area (Å²) in [4.78, 5) is 14.3. The third-order valence-electron chi connectivity index (χ3n) is 4.24. The van der Waals surface area contributed by atoms with Crippen molar-refractivity contribution in [2.45, 2.75) is 26.4 Å². The van der Waals surface area contributed by atoms with E-state index in [0.717, 1.165) is 24.5 Å². The Morgan fingerprint density at radius 2 is 1.96 bits per heavy atom. The van der Waals surface area contributed by atoms with Crippen LogP contribution in [0.2, 0.25) is 0 Å². The van der Waals surface area contributed by atoms with Gasteiger partial charge in [-0.25, -0.2) is 4.68 Å². The second-order valence-electron chi connectivity index (χ2n) is 6.00. The minimum absolute atomic E-state index is 0.102. The molecule has 0 aliphatic rings. The van der Waals surface area contributed by atoms with Gasteiger partial charge in [-0.2, -0.15) is 5.10 Å². The van der Waals surface area contributed by atoms with Crippen molar-refractivity contribution in [3.63, 3.8) is 0 Å². The van der Waals surface area contributed by atoms with Gasteiger partial charge in [0.05, 0.1) is 18.4 Å². The summed E-state index contributed by atoms with van der Waals surface area (Å²) < 4.78 is 3.36. The molecule has 0 saturated heterocycles. The fraction of sp³-hybridized carbons (Fsp3) is 0.333. The average Bonchev–Trinajstić information content (AvgIpc) is 3.04. The van der Waals surface area contributed by atoms with Gasteiger partial charge in [0, 0.05) is 26.2 Å². The van der Waals surface area contributed by atoms with Crippen molar-refractivity contribution in [3.05, 3.63) is 70.7 Å². The van der Waals surface area contributed by atoms with E-state index in [9.17, 15) is 4.79 Å². The summed E-state index contributed by atoms with van der Waals surface area (Å²) >= 11 is 0. The Morgan fingerprint density at radius 1 is 1.16 bits per heavy atom. The number of nitrogens with zero attached hydrogens (tertiary/aromatic N) is 6. The van der Waals surface area contributed by atoms with Gasteiger partial charge in [-0.05, 0) is 18.9 Å². The molecule has 2 aromatic heterocycles. The summed E-state index contributed by atoms with van der Waals surface area (Å²) in [5.74, 6) is 0.824. The van der Waals surface area contributed by atoms with Crippen molar-refractivity contribution < 1.29 is 0 Å². The van der Waals surface area contributed by atoms with Gasteiger partial charge in [0.1, 0.15) is 12.2 Å². The number of anilines is 1. The number of aromatic nitrogens is 5. The monoisotopic (exact) mass is 338 g/mol. The number of hydrogen-bond acceptors (Lipinski definition) is 5. The fourth-order valence-corrected chi connectivity index (χ4v) is 2.61. The van der Waals surface area contributed by atoms with Crippen LogP contribution in [0.3, 0.4) is 0 Å².